The molecule has 0 aliphatic carbocycles. The van der Waals surface area contributed by atoms with Gasteiger partial charge in [0.05, 0.1) is 0 Å². The van der Waals surface area contributed by atoms with Crippen LogP contribution in [0.1, 0.15) is 20.3 Å². The first kappa shape index (κ1) is 14.1. The summed E-state index contributed by atoms with van der Waals surface area (Å²) < 4.78 is 0. The number of allylic oxidation sites excluding steroid dienone is 4. The van der Waals surface area contributed by atoms with Gasteiger partial charge in [-0.1, -0.05) is 37.3 Å². The summed E-state index contributed by atoms with van der Waals surface area (Å²) in [7, 11) is 1.92. The Morgan fingerprint density at radius 1 is 1.39 bits per heavy atom. The van der Waals surface area contributed by atoms with E-state index in [2.05, 4.69) is 19.1 Å². The molecule has 2 nitrogen and oxygen atoms in total. The first-order chi connectivity index (χ1) is 8.72. The molecule has 0 spiro atoms. The largest absolute Gasteiger partial charge is 0.336 e. The summed E-state index contributed by atoms with van der Waals surface area (Å²) in [6, 6.07) is 12.2. The van der Waals surface area contributed by atoms with Crippen LogP contribution in [0, 0.1) is 17.2 Å². The van der Waals surface area contributed by atoms with Gasteiger partial charge in [0.25, 0.3) is 0 Å². The zero-order valence-corrected chi connectivity index (χ0v) is 11.3. The Morgan fingerprint density at radius 2 is 2.06 bits per heavy atom. The minimum absolute atomic E-state index is 0.316. The van der Waals surface area contributed by atoms with Crippen molar-refractivity contribution in [3.05, 3.63) is 54.3 Å². The van der Waals surface area contributed by atoms with Gasteiger partial charge in [-0.2, -0.15) is 5.26 Å². The number of benzene rings is 1. The Balaban J connectivity index is 2.97. The molecule has 1 aromatic rings. The van der Waals surface area contributed by atoms with E-state index < -0.39 is 0 Å². The van der Waals surface area contributed by atoms with Gasteiger partial charge in [0.15, 0.2) is 0 Å². The molecule has 2 heteroatoms. The van der Waals surface area contributed by atoms with Gasteiger partial charge < -0.3 is 4.90 Å². The lowest BCUT2D eigenvalue weighted by molar-refractivity contribution is 0.765. The summed E-state index contributed by atoms with van der Waals surface area (Å²) in [5, 5.41) is 9.29. The highest BCUT2D eigenvalue weighted by Crippen LogP contribution is 2.18. The fraction of sp³-hybridized carbons (Fsp3) is 0.312. The first-order valence-corrected chi connectivity index (χ1v) is 6.26. The van der Waals surface area contributed by atoms with Crippen LogP contribution in [0.15, 0.2) is 54.3 Å². The van der Waals surface area contributed by atoms with E-state index in [-0.39, 0.29) is 0 Å². The number of anilines is 1. The van der Waals surface area contributed by atoms with E-state index in [1.807, 2.05) is 61.4 Å². The lowest BCUT2D eigenvalue weighted by Gasteiger charge is -2.19. The molecule has 0 radical (unpaired) electrons. The standard InChI is InChI=1S/C16H20N2/c1-4-9-14(5-2)12-16(13-17)18(3)15-10-7-6-8-11-15/h4,6-12,14H,5H2,1-3H3/b9-4-,16-12+. The highest BCUT2D eigenvalue weighted by molar-refractivity contribution is 5.54. The molecule has 0 saturated heterocycles. The summed E-state index contributed by atoms with van der Waals surface area (Å²) in [5.41, 5.74) is 1.71. The van der Waals surface area contributed by atoms with Crippen LogP contribution in [0.5, 0.6) is 0 Å². The number of rotatable bonds is 5. The van der Waals surface area contributed by atoms with E-state index in [0.717, 1.165) is 12.1 Å². The molecule has 0 fully saturated rings. The second kappa shape index (κ2) is 7.34. The van der Waals surface area contributed by atoms with Crippen molar-refractivity contribution in [2.75, 3.05) is 11.9 Å². The van der Waals surface area contributed by atoms with Gasteiger partial charge in [-0.25, -0.2) is 0 Å². The summed E-state index contributed by atoms with van der Waals surface area (Å²) in [5.74, 6) is 0.316. The monoisotopic (exact) mass is 240 g/mol. The van der Waals surface area contributed by atoms with E-state index >= 15 is 0 Å². The van der Waals surface area contributed by atoms with Crippen molar-refractivity contribution in [1.29, 1.82) is 5.26 Å². The molecule has 0 heterocycles. The molecule has 94 valence electrons. The van der Waals surface area contributed by atoms with Gasteiger partial charge in [0.1, 0.15) is 11.8 Å². The third-order valence-corrected chi connectivity index (χ3v) is 2.90. The van der Waals surface area contributed by atoms with Gasteiger partial charge in [-0.05, 0) is 37.5 Å². The van der Waals surface area contributed by atoms with E-state index in [0.29, 0.717) is 11.6 Å². The summed E-state index contributed by atoms with van der Waals surface area (Å²) in [6.45, 7) is 4.13. The second-order valence-corrected chi connectivity index (χ2v) is 4.16. The summed E-state index contributed by atoms with van der Waals surface area (Å²) >= 11 is 0. The highest BCUT2D eigenvalue weighted by Gasteiger charge is 2.08. The molecule has 0 bridgehead atoms. The predicted octanol–water partition coefficient (Wildman–Crippen LogP) is 4.13. The lowest BCUT2D eigenvalue weighted by atomic mass is 10.0. The van der Waals surface area contributed by atoms with Crippen molar-refractivity contribution in [2.24, 2.45) is 5.92 Å². The zero-order chi connectivity index (χ0) is 13.4. The lowest BCUT2D eigenvalue weighted by Crippen LogP contribution is -2.16. The van der Waals surface area contributed by atoms with E-state index in [4.69, 9.17) is 0 Å². The predicted molar refractivity (Wildman–Crippen MR) is 77.1 cm³/mol. The van der Waals surface area contributed by atoms with E-state index in [1.54, 1.807) is 0 Å². The Labute approximate surface area is 110 Å². The van der Waals surface area contributed by atoms with Crippen molar-refractivity contribution in [3.8, 4) is 6.07 Å². The molecular formula is C16H20N2. The molecule has 1 aromatic carbocycles. The molecule has 0 aliphatic heterocycles. The van der Waals surface area contributed by atoms with Crippen molar-refractivity contribution in [3.63, 3.8) is 0 Å². The molecule has 18 heavy (non-hydrogen) atoms. The Morgan fingerprint density at radius 3 is 2.56 bits per heavy atom. The molecule has 0 amide bonds. The fourth-order valence-corrected chi connectivity index (χ4v) is 1.77. The van der Waals surface area contributed by atoms with Gasteiger partial charge in [0, 0.05) is 12.7 Å². The smallest absolute Gasteiger partial charge is 0.117 e. The summed E-state index contributed by atoms with van der Waals surface area (Å²) in [6.07, 6.45) is 7.17. The Bertz CT molecular complexity index is 452. The van der Waals surface area contributed by atoms with E-state index in [1.165, 1.54) is 0 Å². The topological polar surface area (TPSA) is 27.0 Å². The molecule has 0 saturated carbocycles. The van der Waals surface area contributed by atoms with Crippen LogP contribution in [-0.4, -0.2) is 7.05 Å². The zero-order valence-electron chi connectivity index (χ0n) is 11.3. The van der Waals surface area contributed by atoms with Gasteiger partial charge in [-0.3, -0.25) is 0 Å². The number of hydrogen-bond acceptors (Lipinski definition) is 2. The summed E-state index contributed by atoms with van der Waals surface area (Å²) in [4.78, 5) is 1.92. The number of nitriles is 1. The molecule has 0 aliphatic rings. The van der Waals surface area contributed by atoms with Crippen molar-refractivity contribution in [2.45, 2.75) is 20.3 Å². The SMILES string of the molecule is C/C=C\C(/C=C(\C#N)N(C)c1ccccc1)CC. The molecule has 1 unspecified atom stereocenters. The minimum atomic E-state index is 0.316. The Kier molecular flexibility index (Phi) is 5.73. The fourth-order valence-electron chi connectivity index (χ4n) is 1.77. The molecule has 1 rings (SSSR count). The number of hydrogen-bond donors (Lipinski definition) is 0. The molecule has 1 atom stereocenters. The van der Waals surface area contributed by atoms with Crippen LogP contribution in [0.25, 0.3) is 0 Å². The van der Waals surface area contributed by atoms with Crippen LogP contribution in [0.4, 0.5) is 5.69 Å². The quantitative estimate of drug-likeness (QED) is 0.571. The minimum Gasteiger partial charge on any atom is -0.336 e. The van der Waals surface area contributed by atoms with Crippen LogP contribution in [0.3, 0.4) is 0 Å². The van der Waals surface area contributed by atoms with Crippen LogP contribution >= 0.6 is 0 Å². The third-order valence-electron chi connectivity index (χ3n) is 2.90. The average Bonchev–Trinajstić information content (AvgIpc) is 2.43. The van der Waals surface area contributed by atoms with Gasteiger partial charge in [0.2, 0.25) is 0 Å². The van der Waals surface area contributed by atoms with Crippen LogP contribution in [-0.2, 0) is 0 Å². The first-order valence-electron chi connectivity index (χ1n) is 6.26. The Hall–Kier alpha value is -2.01. The van der Waals surface area contributed by atoms with Crippen molar-refractivity contribution < 1.29 is 0 Å². The molecular weight excluding hydrogens is 220 g/mol. The highest BCUT2D eigenvalue weighted by atomic mass is 15.1. The maximum absolute atomic E-state index is 9.29. The van der Waals surface area contributed by atoms with Crippen molar-refractivity contribution >= 4 is 5.69 Å². The maximum atomic E-state index is 9.29. The normalized spacial score (nSPS) is 13.3. The third kappa shape index (κ3) is 3.78. The van der Waals surface area contributed by atoms with Gasteiger partial charge >= 0.3 is 0 Å². The molecule has 0 N–H and O–H groups in total. The van der Waals surface area contributed by atoms with Crippen LogP contribution in [0.2, 0.25) is 0 Å². The van der Waals surface area contributed by atoms with E-state index in [9.17, 15) is 5.26 Å². The van der Waals surface area contributed by atoms with Gasteiger partial charge in [-0.15, -0.1) is 0 Å². The number of para-hydroxylation sites is 1. The molecule has 0 aromatic heterocycles. The number of nitrogens with zero attached hydrogens (tertiary/aromatic N) is 2. The van der Waals surface area contributed by atoms with Crippen LogP contribution < -0.4 is 4.90 Å². The second-order valence-electron chi connectivity index (χ2n) is 4.16. The maximum Gasteiger partial charge on any atom is 0.117 e. The van der Waals surface area contributed by atoms with Crippen molar-refractivity contribution in [1.82, 2.24) is 0 Å². The average molecular weight is 240 g/mol.